The molecule has 4 rings (SSSR count). The molecule has 7 heteroatoms. The van der Waals surface area contributed by atoms with Gasteiger partial charge in [-0.1, -0.05) is 23.9 Å². The van der Waals surface area contributed by atoms with Crippen LogP contribution in [0.5, 0.6) is 0 Å². The molecule has 140 valence electrons. The van der Waals surface area contributed by atoms with E-state index in [9.17, 15) is 9.18 Å². The Morgan fingerprint density at radius 2 is 2.07 bits per heavy atom. The smallest absolute Gasteiger partial charge is 0.233 e. The van der Waals surface area contributed by atoms with Gasteiger partial charge in [0.2, 0.25) is 5.91 Å². The molecule has 2 aromatic heterocycles. The Morgan fingerprint density at radius 1 is 1.30 bits per heavy atom. The minimum Gasteiger partial charge on any atom is -0.351 e. The highest BCUT2D eigenvalue weighted by Gasteiger charge is 2.24. The lowest BCUT2D eigenvalue weighted by Crippen LogP contribution is -2.30. The Kier molecular flexibility index (Phi) is 5.14. The molecular formula is C20H20FN3OS2. The fourth-order valence-corrected chi connectivity index (χ4v) is 5.72. The summed E-state index contributed by atoms with van der Waals surface area (Å²) in [4.78, 5) is 24.2. The lowest BCUT2D eigenvalue weighted by molar-refractivity contribution is -0.120. The van der Waals surface area contributed by atoms with Gasteiger partial charge in [-0.2, -0.15) is 0 Å². The van der Waals surface area contributed by atoms with Crippen molar-refractivity contribution < 1.29 is 9.18 Å². The summed E-state index contributed by atoms with van der Waals surface area (Å²) >= 11 is 3.25. The van der Waals surface area contributed by atoms with E-state index in [0.29, 0.717) is 6.54 Å². The molecule has 1 N–H and O–H groups in total. The van der Waals surface area contributed by atoms with Gasteiger partial charge in [0.15, 0.2) is 0 Å². The summed E-state index contributed by atoms with van der Waals surface area (Å²) in [5.41, 5.74) is 2.24. The van der Waals surface area contributed by atoms with Crippen LogP contribution in [0.25, 0.3) is 10.2 Å². The minimum absolute atomic E-state index is 0.0550. The number of thioether (sulfide) groups is 1. The maximum absolute atomic E-state index is 13.0. The first-order valence-electron chi connectivity index (χ1n) is 8.99. The Morgan fingerprint density at radius 3 is 2.85 bits per heavy atom. The molecule has 1 aliphatic rings. The van der Waals surface area contributed by atoms with Gasteiger partial charge in [-0.25, -0.2) is 14.4 Å². The van der Waals surface area contributed by atoms with E-state index in [4.69, 9.17) is 0 Å². The number of carbonyl (C=O) groups excluding carboxylic acids is 1. The van der Waals surface area contributed by atoms with Crippen LogP contribution in [0, 0.1) is 12.7 Å². The van der Waals surface area contributed by atoms with Crippen molar-refractivity contribution in [2.24, 2.45) is 0 Å². The molecule has 0 aliphatic heterocycles. The van der Waals surface area contributed by atoms with Crippen LogP contribution in [0.4, 0.5) is 4.39 Å². The zero-order valence-electron chi connectivity index (χ0n) is 15.2. The number of amides is 1. The average Bonchev–Trinajstić information content (AvgIpc) is 3.21. The molecule has 0 saturated carbocycles. The fraction of sp³-hybridized carbons (Fsp3) is 0.350. The van der Waals surface area contributed by atoms with Crippen LogP contribution in [-0.4, -0.2) is 21.1 Å². The Bertz CT molecular complexity index is 1000. The molecule has 1 amide bonds. The third-order valence-electron chi connectivity index (χ3n) is 4.68. The number of thiophene rings is 1. The number of aromatic nitrogens is 2. The summed E-state index contributed by atoms with van der Waals surface area (Å²) in [6, 6.07) is 6.16. The van der Waals surface area contributed by atoms with Crippen LogP contribution in [-0.2, 0) is 24.2 Å². The summed E-state index contributed by atoms with van der Waals surface area (Å²) in [5.74, 6) is 0.407. The second-order valence-electron chi connectivity index (χ2n) is 6.72. The van der Waals surface area contributed by atoms with Gasteiger partial charge in [0, 0.05) is 16.8 Å². The van der Waals surface area contributed by atoms with Crippen molar-refractivity contribution in [2.45, 2.75) is 49.9 Å². The molecule has 0 unspecified atom stereocenters. The predicted octanol–water partition coefficient (Wildman–Crippen LogP) is 4.42. The second kappa shape index (κ2) is 7.56. The highest BCUT2D eigenvalue weighted by atomic mass is 32.2. The number of nitrogens with one attached hydrogen (secondary N) is 1. The first-order chi connectivity index (χ1) is 13.0. The van der Waals surface area contributed by atoms with E-state index < -0.39 is 0 Å². The van der Waals surface area contributed by atoms with Crippen LogP contribution in [0.3, 0.4) is 0 Å². The SMILES string of the molecule is Cc1nc(S[C@H](C)C(=O)NCc2ccc(F)cc2)c2c3c(sc2n1)CCC3. The normalized spacial score (nSPS) is 14.3. The van der Waals surface area contributed by atoms with E-state index in [1.54, 1.807) is 23.5 Å². The maximum atomic E-state index is 13.0. The van der Waals surface area contributed by atoms with E-state index >= 15 is 0 Å². The maximum Gasteiger partial charge on any atom is 0.233 e. The number of aryl methyl sites for hydroxylation is 3. The molecule has 0 bridgehead atoms. The molecule has 0 fully saturated rings. The van der Waals surface area contributed by atoms with Crippen molar-refractivity contribution in [3.05, 3.63) is 51.9 Å². The van der Waals surface area contributed by atoms with Crippen molar-refractivity contribution in [2.75, 3.05) is 0 Å². The van der Waals surface area contributed by atoms with Crippen molar-refractivity contribution in [3.8, 4) is 0 Å². The van der Waals surface area contributed by atoms with Crippen LogP contribution in [0.15, 0.2) is 29.3 Å². The number of hydrogen-bond acceptors (Lipinski definition) is 5. The largest absolute Gasteiger partial charge is 0.351 e. The summed E-state index contributed by atoms with van der Waals surface area (Å²) in [6.45, 7) is 4.17. The van der Waals surface area contributed by atoms with Crippen molar-refractivity contribution in [1.82, 2.24) is 15.3 Å². The van der Waals surface area contributed by atoms with Gasteiger partial charge in [-0.05, 0) is 56.4 Å². The number of nitrogens with zero attached hydrogens (tertiary/aromatic N) is 2. The molecular weight excluding hydrogens is 381 g/mol. The Balaban J connectivity index is 1.49. The number of hydrogen-bond donors (Lipinski definition) is 1. The van der Waals surface area contributed by atoms with Crippen LogP contribution >= 0.6 is 23.1 Å². The van der Waals surface area contributed by atoms with Crippen LogP contribution in [0.1, 0.15) is 35.2 Å². The summed E-state index contributed by atoms with van der Waals surface area (Å²) in [6.07, 6.45) is 3.37. The molecule has 2 heterocycles. The Labute approximate surface area is 165 Å². The van der Waals surface area contributed by atoms with Gasteiger partial charge in [0.05, 0.1) is 5.25 Å². The first-order valence-corrected chi connectivity index (χ1v) is 10.7. The zero-order valence-corrected chi connectivity index (χ0v) is 16.8. The van der Waals surface area contributed by atoms with Crippen LogP contribution < -0.4 is 5.32 Å². The van der Waals surface area contributed by atoms with Crippen molar-refractivity contribution in [1.29, 1.82) is 0 Å². The third-order valence-corrected chi connectivity index (χ3v) is 6.95. The highest BCUT2D eigenvalue weighted by Crippen LogP contribution is 2.41. The number of halogens is 1. The second-order valence-corrected chi connectivity index (χ2v) is 9.13. The average molecular weight is 402 g/mol. The van der Waals surface area contributed by atoms with Crippen LogP contribution in [0.2, 0.25) is 0 Å². The molecule has 0 saturated heterocycles. The lowest BCUT2D eigenvalue weighted by atomic mass is 10.2. The number of rotatable bonds is 5. The standard InChI is InChI=1S/C20H20FN3OS2/c1-11(18(25)22-10-13-6-8-14(21)9-7-13)26-19-17-15-4-3-5-16(15)27-20(17)24-12(2)23-19/h6-9,11H,3-5,10H2,1-2H3,(H,22,25)/t11-/m1/s1. The van der Waals surface area contributed by atoms with E-state index in [0.717, 1.165) is 39.5 Å². The summed E-state index contributed by atoms with van der Waals surface area (Å²) < 4.78 is 13.0. The molecule has 4 nitrogen and oxygen atoms in total. The number of carbonyl (C=O) groups is 1. The predicted molar refractivity (Wildman–Crippen MR) is 108 cm³/mol. The number of benzene rings is 1. The molecule has 1 atom stereocenters. The fourth-order valence-electron chi connectivity index (χ4n) is 3.31. The van der Waals surface area contributed by atoms with Crippen molar-refractivity contribution in [3.63, 3.8) is 0 Å². The molecule has 1 aliphatic carbocycles. The third kappa shape index (κ3) is 3.84. The zero-order chi connectivity index (χ0) is 19.0. The van der Waals surface area contributed by atoms with Gasteiger partial charge >= 0.3 is 0 Å². The molecule has 1 aromatic carbocycles. The van der Waals surface area contributed by atoms with Gasteiger partial charge in [0.25, 0.3) is 0 Å². The van der Waals surface area contributed by atoms with Gasteiger partial charge in [-0.15, -0.1) is 11.3 Å². The molecule has 0 radical (unpaired) electrons. The number of fused-ring (bicyclic) bond motifs is 3. The molecule has 27 heavy (non-hydrogen) atoms. The summed E-state index contributed by atoms with van der Waals surface area (Å²) in [5, 5.41) is 4.69. The first kappa shape index (κ1) is 18.4. The van der Waals surface area contributed by atoms with E-state index in [1.165, 1.54) is 40.8 Å². The van der Waals surface area contributed by atoms with Crippen molar-refractivity contribution >= 4 is 39.2 Å². The topological polar surface area (TPSA) is 54.9 Å². The van der Waals surface area contributed by atoms with Gasteiger partial charge in [-0.3, -0.25) is 4.79 Å². The van der Waals surface area contributed by atoms with E-state index in [1.807, 2.05) is 13.8 Å². The van der Waals surface area contributed by atoms with Gasteiger partial charge < -0.3 is 5.32 Å². The Hall–Kier alpha value is -1.99. The van der Waals surface area contributed by atoms with E-state index in [-0.39, 0.29) is 17.0 Å². The minimum atomic E-state index is -0.278. The molecule has 3 aromatic rings. The monoisotopic (exact) mass is 401 g/mol. The lowest BCUT2D eigenvalue weighted by Gasteiger charge is -2.13. The van der Waals surface area contributed by atoms with E-state index in [2.05, 4.69) is 15.3 Å². The summed E-state index contributed by atoms with van der Waals surface area (Å²) in [7, 11) is 0. The highest BCUT2D eigenvalue weighted by molar-refractivity contribution is 8.00. The quantitative estimate of drug-likeness (QED) is 0.508. The van der Waals surface area contributed by atoms with Gasteiger partial charge in [0.1, 0.15) is 21.5 Å². The molecule has 0 spiro atoms.